The summed E-state index contributed by atoms with van der Waals surface area (Å²) >= 11 is 1.27. The van der Waals surface area contributed by atoms with Crippen LogP contribution in [0.25, 0.3) is 11.4 Å². The van der Waals surface area contributed by atoms with Crippen molar-refractivity contribution in [1.29, 1.82) is 0 Å². The number of hydrogen-bond acceptors (Lipinski definition) is 6. The number of nitrogens with one attached hydrogen (secondary N) is 1. The molecule has 0 spiro atoms. The first kappa shape index (κ1) is 20.0. The Hall–Kier alpha value is -2.78. The van der Waals surface area contributed by atoms with Gasteiger partial charge in [0.05, 0.1) is 18.9 Å². The normalized spacial score (nSPS) is 10.8. The summed E-state index contributed by atoms with van der Waals surface area (Å²) in [4.78, 5) is 16.2. The number of amides is 1. The van der Waals surface area contributed by atoms with Gasteiger partial charge in [-0.1, -0.05) is 30.0 Å². The van der Waals surface area contributed by atoms with Crippen LogP contribution in [-0.2, 0) is 22.6 Å². The Kier molecular flexibility index (Phi) is 7.10. The van der Waals surface area contributed by atoms with Gasteiger partial charge in [-0.05, 0) is 18.2 Å². The van der Waals surface area contributed by atoms with E-state index in [0.29, 0.717) is 29.7 Å². The number of pyridine rings is 1. The number of halogens is 1. The SMILES string of the molecule is COCCn1c(SCC(=O)NCc2ccccc2F)nnc1-c1ccncc1. The predicted octanol–water partition coefficient (Wildman–Crippen LogP) is 2.53. The fourth-order valence-corrected chi connectivity index (χ4v) is 3.31. The van der Waals surface area contributed by atoms with E-state index in [-0.39, 0.29) is 24.0 Å². The topological polar surface area (TPSA) is 81.9 Å². The molecule has 1 amide bonds. The highest BCUT2D eigenvalue weighted by atomic mass is 32.2. The Bertz CT molecular complexity index is 920. The van der Waals surface area contributed by atoms with Crippen LogP contribution in [0, 0.1) is 5.82 Å². The number of carbonyl (C=O) groups excluding carboxylic acids is 1. The monoisotopic (exact) mass is 401 g/mol. The molecule has 0 fully saturated rings. The zero-order chi connectivity index (χ0) is 19.8. The molecule has 2 aromatic heterocycles. The van der Waals surface area contributed by atoms with Crippen LogP contribution in [0.5, 0.6) is 0 Å². The minimum absolute atomic E-state index is 0.144. The highest BCUT2D eigenvalue weighted by molar-refractivity contribution is 7.99. The van der Waals surface area contributed by atoms with Crippen molar-refractivity contribution in [3.8, 4) is 11.4 Å². The molecule has 0 aliphatic rings. The number of nitrogens with zero attached hydrogens (tertiary/aromatic N) is 4. The Labute approximate surface area is 166 Å². The number of rotatable bonds is 9. The number of ether oxygens (including phenoxy) is 1. The second kappa shape index (κ2) is 9.95. The second-order valence-corrected chi connectivity index (χ2v) is 6.79. The molecule has 1 aromatic carbocycles. The van der Waals surface area contributed by atoms with Crippen molar-refractivity contribution in [2.75, 3.05) is 19.5 Å². The molecular weight excluding hydrogens is 381 g/mol. The van der Waals surface area contributed by atoms with Crippen LogP contribution in [0.15, 0.2) is 53.9 Å². The van der Waals surface area contributed by atoms with E-state index < -0.39 is 0 Å². The third kappa shape index (κ3) is 5.14. The maximum absolute atomic E-state index is 13.6. The zero-order valence-electron chi connectivity index (χ0n) is 15.3. The molecule has 0 saturated heterocycles. The van der Waals surface area contributed by atoms with E-state index in [9.17, 15) is 9.18 Å². The molecule has 3 aromatic rings. The summed E-state index contributed by atoms with van der Waals surface area (Å²) in [5, 5.41) is 11.8. The molecule has 0 unspecified atom stereocenters. The molecule has 2 heterocycles. The number of hydrogen-bond donors (Lipinski definition) is 1. The summed E-state index contributed by atoms with van der Waals surface area (Å²) in [6, 6.07) is 10.1. The predicted molar refractivity (Wildman–Crippen MR) is 104 cm³/mol. The Balaban J connectivity index is 1.64. The van der Waals surface area contributed by atoms with Gasteiger partial charge in [0.1, 0.15) is 5.82 Å². The Morgan fingerprint density at radius 1 is 1.21 bits per heavy atom. The number of aromatic nitrogens is 4. The summed E-state index contributed by atoms with van der Waals surface area (Å²) in [6.07, 6.45) is 3.38. The van der Waals surface area contributed by atoms with Crippen LogP contribution >= 0.6 is 11.8 Å². The molecule has 0 aliphatic carbocycles. The van der Waals surface area contributed by atoms with Crippen LogP contribution in [0.2, 0.25) is 0 Å². The third-order valence-corrected chi connectivity index (χ3v) is 4.91. The summed E-state index contributed by atoms with van der Waals surface area (Å²) in [5.41, 5.74) is 1.33. The quantitative estimate of drug-likeness (QED) is 0.555. The number of carbonyl (C=O) groups is 1. The van der Waals surface area contributed by atoms with Crippen molar-refractivity contribution in [3.05, 3.63) is 60.2 Å². The van der Waals surface area contributed by atoms with Gasteiger partial charge in [-0.3, -0.25) is 14.3 Å². The largest absolute Gasteiger partial charge is 0.383 e. The van der Waals surface area contributed by atoms with Gasteiger partial charge in [-0.2, -0.15) is 0 Å². The second-order valence-electron chi connectivity index (χ2n) is 5.84. The lowest BCUT2D eigenvalue weighted by Crippen LogP contribution is -2.25. The van der Waals surface area contributed by atoms with Crippen molar-refractivity contribution in [2.24, 2.45) is 0 Å². The standard InChI is InChI=1S/C19H20FN5O2S/c1-27-11-10-25-18(14-6-8-21-9-7-14)23-24-19(25)28-13-17(26)22-12-15-4-2-3-5-16(15)20/h2-9H,10-13H2,1H3,(H,22,26). The van der Waals surface area contributed by atoms with E-state index >= 15 is 0 Å². The first-order valence-corrected chi connectivity index (χ1v) is 9.63. The van der Waals surface area contributed by atoms with E-state index in [1.807, 2.05) is 16.7 Å². The van der Waals surface area contributed by atoms with Gasteiger partial charge in [0.15, 0.2) is 11.0 Å². The van der Waals surface area contributed by atoms with Crippen LogP contribution < -0.4 is 5.32 Å². The van der Waals surface area contributed by atoms with E-state index in [1.165, 1.54) is 17.8 Å². The Morgan fingerprint density at radius 3 is 2.75 bits per heavy atom. The number of benzene rings is 1. The molecule has 0 bridgehead atoms. The summed E-state index contributed by atoms with van der Waals surface area (Å²) < 4.78 is 20.7. The molecule has 9 heteroatoms. The van der Waals surface area contributed by atoms with Crippen LogP contribution in [-0.4, -0.2) is 45.1 Å². The van der Waals surface area contributed by atoms with E-state index in [0.717, 1.165) is 5.56 Å². The first-order valence-electron chi connectivity index (χ1n) is 8.64. The molecule has 7 nitrogen and oxygen atoms in total. The van der Waals surface area contributed by atoms with Crippen molar-refractivity contribution in [2.45, 2.75) is 18.2 Å². The van der Waals surface area contributed by atoms with Crippen molar-refractivity contribution in [1.82, 2.24) is 25.1 Å². The molecule has 1 N–H and O–H groups in total. The van der Waals surface area contributed by atoms with Crippen molar-refractivity contribution >= 4 is 17.7 Å². The van der Waals surface area contributed by atoms with Gasteiger partial charge in [0, 0.05) is 37.2 Å². The van der Waals surface area contributed by atoms with Crippen LogP contribution in [0.4, 0.5) is 4.39 Å². The lowest BCUT2D eigenvalue weighted by Gasteiger charge is -2.10. The van der Waals surface area contributed by atoms with Gasteiger partial charge in [-0.15, -0.1) is 10.2 Å². The fourth-order valence-electron chi connectivity index (χ4n) is 2.51. The van der Waals surface area contributed by atoms with Gasteiger partial charge >= 0.3 is 0 Å². The van der Waals surface area contributed by atoms with Gasteiger partial charge in [0.25, 0.3) is 0 Å². The van der Waals surface area contributed by atoms with E-state index in [1.54, 1.807) is 37.7 Å². The maximum atomic E-state index is 13.6. The smallest absolute Gasteiger partial charge is 0.230 e. The number of methoxy groups -OCH3 is 1. The van der Waals surface area contributed by atoms with Gasteiger partial charge in [-0.25, -0.2) is 4.39 Å². The van der Waals surface area contributed by atoms with Gasteiger partial charge in [0.2, 0.25) is 5.91 Å². The van der Waals surface area contributed by atoms with Crippen LogP contribution in [0.3, 0.4) is 0 Å². The summed E-state index contributed by atoms with van der Waals surface area (Å²) in [5.74, 6) is 0.293. The number of thioether (sulfide) groups is 1. The molecule has 3 rings (SSSR count). The van der Waals surface area contributed by atoms with Crippen molar-refractivity contribution in [3.63, 3.8) is 0 Å². The molecule has 0 aliphatic heterocycles. The zero-order valence-corrected chi connectivity index (χ0v) is 16.2. The molecule has 28 heavy (non-hydrogen) atoms. The molecule has 0 radical (unpaired) electrons. The maximum Gasteiger partial charge on any atom is 0.230 e. The van der Waals surface area contributed by atoms with Crippen molar-refractivity contribution < 1.29 is 13.9 Å². The lowest BCUT2D eigenvalue weighted by molar-refractivity contribution is -0.118. The Morgan fingerprint density at radius 2 is 2.00 bits per heavy atom. The van der Waals surface area contributed by atoms with Crippen LogP contribution in [0.1, 0.15) is 5.56 Å². The minimum atomic E-state index is -0.336. The highest BCUT2D eigenvalue weighted by Crippen LogP contribution is 2.23. The summed E-state index contributed by atoms with van der Waals surface area (Å²) in [6.45, 7) is 1.19. The lowest BCUT2D eigenvalue weighted by atomic mass is 10.2. The molecule has 0 atom stereocenters. The van der Waals surface area contributed by atoms with E-state index in [4.69, 9.17) is 4.74 Å². The molecule has 146 valence electrons. The third-order valence-electron chi connectivity index (χ3n) is 3.94. The highest BCUT2D eigenvalue weighted by Gasteiger charge is 2.15. The van der Waals surface area contributed by atoms with Gasteiger partial charge < -0.3 is 10.1 Å². The fraction of sp³-hybridized carbons (Fsp3) is 0.263. The molecular formula is C19H20FN5O2S. The first-order chi connectivity index (χ1) is 13.7. The average Bonchev–Trinajstić information content (AvgIpc) is 3.13. The minimum Gasteiger partial charge on any atom is -0.383 e. The summed E-state index contributed by atoms with van der Waals surface area (Å²) in [7, 11) is 1.62. The van der Waals surface area contributed by atoms with E-state index in [2.05, 4.69) is 20.5 Å². The average molecular weight is 401 g/mol. The molecule has 0 saturated carbocycles.